The quantitative estimate of drug-likeness (QED) is 0.564. The predicted octanol–water partition coefficient (Wildman–Crippen LogP) is 3.97. The lowest BCUT2D eigenvalue weighted by Gasteiger charge is -2.12. The van der Waals surface area contributed by atoms with Crippen molar-refractivity contribution in [3.63, 3.8) is 0 Å². The molecule has 2 aromatic rings. The Kier molecular flexibility index (Phi) is 7.95. The van der Waals surface area contributed by atoms with E-state index >= 15 is 0 Å². The zero-order chi connectivity index (χ0) is 20.7. The summed E-state index contributed by atoms with van der Waals surface area (Å²) in [6.07, 6.45) is 0. The average molecular weight is 464 g/mol. The summed E-state index contributed by atoms with van der Waals surface area (Å²) < 4.78 is 6.38. The van der Waals surface area contributed by atoms with Crippen LogP contribution >= 0.6 is 28.1 Å². The molecule has 0 radical (unpaired) electrons. The first kappa shape index (κ1) is 21.8. The number of carbonyl (C=O) groups excluding carboxylic acids is 2. The highest BCUT2D eigenvalue weighted by Gasteiger charge is 2.12. The molecule has 0 fully saturated rings. The summed E-state index contributed by atoms with van der Waals surface area (Å²) in [6, 6.07) is 11.9. The normalized spacial score (nSPS) is 10.3. The molecule has 8 heteroatoms. The van der Waals surface area contributed by atoms with Crippen molar-refractivity contribution in [3.05, 3.63) is 58.1 Å². The van der Waals surface area contributed by atoms with Crippen LogP contribution in [0.4, 0.5) is 5.69 Å². The second kappa shape index (κ2) is 10.2. The van der Waals surface area contributed by atoms with Crippen LogP contribution in [0.3, 0.4) is 0 Å². The summed E-state index contributed by atoms with van der Waals surface area (Å²) in [7, 11) is 1.57. The van der Waals surface area contributed by atoms with Gasteiger partial charge in [-0.3, -0.25) is 14.9 Å². The van der Waals surface area contributed by atoms with Gasteiger partial charge in [-0.15, -0.1) is 0 Å². The standard InChI is InChI=1S/C20H22BrN3O3S/c1-12(2)11-27-17-9-6-14(10-16(17)21)19(26)24-20(28)23-15-7-4-13(5-8-15)18(25)22-3/h4-10,12H,11H2,1-3H3,(H,22,25)(H2,23,24,26,28). The number of nitrogens with one attached hydrogen (secondary N) is 3. The largest absolute Gasteiger partial charge is 0.492 e. The van der Waals surface area contributed by atoms with Gasteiger partial charge in [0.2, 0.25) is 0 Å². The van der Waals surface area contributed by atoms with E-state index in [0.29, 0.717) is 39.6 Å². The Balaban J connectivity index is 1.95. The molecule has 148 valence electrons. The fraction of sp³-hybridized carbons (Fsp3) is 0.250. The number of hydrogen-bond donors (Lipinski definition) is 3. The van der Waals surface area contributed by atoms with E-state index in [4.69, 9.17) is 17.0 Å². The van der Waals surface area contributed by atoms with Crippen LogP contribution in [0.25, 0.3) is 0 Å². The number of halogens is 1. The van der Waals surface area contributed by atoms with Crippen molar-refractivity contribution < 1.29 is 14.3 Å². The number of thiocarbonyl (C=S) groups is 1. The smallest absolute Gasteiger partial charge is 0.257 e. The molecule has 0 aliphatic heterocycles. The van der Waals surface area contributed by atoms with E-state index in [2.05, 4.69) is 45.7 Å². The van der Waals surface area contributed by atoms with Gasteiger partial charge < -0.3 is 15.4 Å². The van der Waals surface area contributed by atoms with Crippen LogP contribution in [0.1, 0.15) is 34.6 Å². The third-order valence-corrected chi connectivity index (χ3v) is 4.45. The van der Waals surface area contributed by atoms with E-state index in [1.54, 1.807) is 49.5 Å². The molecule has 0 bridgehead atoms. The molecule has 0 saturated carbocycles. The number of rotatable bonds is 6. The lowest BCUT2D eigenvalue weighted by atomic mass is 10.2. The maximum Gasteiger partial charge on any atom is 0.257 e. The number of benzene rings is 2. The number of hydrogen-bond acceptors (Lipinski definition) is 4. The van der Waals surface area contributed by atoms with Crippen LogP contribution in [0.5, 0.6) is 5.75 Å². The molecule has 0 atom stereocenters. The van der Waals surface area contributed by atoms with Crippen molar-refractivity contribution in [2.24, 2.45) is 5.92 Å². The number of amides is 2. The topological polar surface area (TPSA) is 79.5 Å². The molecule has 2 aromatic carbocycles. The Hall–Kier alpha value is -2.45. The molecule has 3 N–H and O–H groups in total. The third-order valence-electron chi connectivity index (χ3n) is 3.63. The van der Waals surface area contributed by atoms with Gasteiger partial charge in [0.25, 0.3) is 11.8 Å². The van der Waals surface area contributed by atoms with Crippen molar-refractivity contribution in [2.75, 3.05) is 19.0 Å². The van der Waals surface area contributed by atoms with Gasteiger partial charge in [-0.2, -0.15) is 0 Å². The minimum absolute atomic E-state index is 0.161. The number of anilines is 1. The molecule has 0 saturated heterocycles. The van der Waals surface area contributed by atoms with Crippen LogP contribution in [-0.2, 0) is 0 Å². The molecule has 28 heavy (non-hydrogen) atoms. The Labute approximate surface area is 178 Å². The fourth-order valence-electron chi connectivity index (χ4n) is 2.20. The van der Waals surface area contributed by atoms with Gasteiger partial charge in [0.05, 0.1) is 11.1 Å². The first-order valence-electron chi connectivity index (χ1n) is 8.67. The van der Waals surface area contributed by atoms with E-state index in [1.807, 2.05) is 0 Å². The van der Waals surface area contributed by atoms with Crippen LogP contribution < -0.4 is 20.7 Å². The second-order valence-electron chi connectivity index (χ2n) is 6.41. The summed E-state index contributed by atoms with van der Waals surface area (Å²) in [5.41, 5.74) is 1.65. The van der Waals surface area contributed by atoms with Crippen molar-refractivity contribution >= 4 is 50.8 Å². The zero-order valence-electron chi connectivity index (χ0n) is 15.8. The lowest BCUT2D eigenvalue weighted by molar-refractivity contribution is 0.0959. The third kappa shape index (κ3) is 6.31. The molecule has 6 nitrogen and oxygen atoms in total. The first-order chi connectivity index (χ1) is 13.3. The summed E-state index contributed by atoms with van der Waals surface area (Å²) in [6.45, 7) is 4.72. The highest BCUT2D eigenvalue weighted by molar-refractivity contribution is 9.10. The molecule has 0 heterocycles. The molecular weight excluding hydrogens is 442 g/mol. The Morgan fingerprint density at radius 3 is 2.29 bits per heavy atom. The van der Waals surface area contributed by atoms with Crippen LogP contribution in [0.15, 0.2) is 46.9 Å². The maximum absolute atomic E-state index is 12.4. The SMILES string of the molecule is CNC(=O)c1ccc(NC(=S)NC(=O)c2ccc(OCC(C)C)c(Br)c2)cc1. The summed E-state index contributed by atoms with van der Waals surface area (Å²) >= 11 is 8.61. The van der Waals surface area contributed by atoms with Crippen LogP contribution in [0, 0.1) is 5.92 Å². The van der Waals surface area contributed by atoms with E-state index < -0.39 is 0 Å². The minimum Gasteiger partial charge on any atom is -0.492 e. The molecule has 2 rings (SSSR count). The fourth-order valence-corrected chi connectivity index (χ4v) is 2.91. The average Bonchev–Trinajstić information content (AvgIpc) is 2.66. The molecule has 0 aliphatic carbocycles. The predicted molar refractivity (Wildman–Crippen MR) is 118 cm³/mol. The summed E-state index contributed by atoms with van der Waals surface area (Å²) in [4.78, 5) is 24.0. The highest BCUT2D eigenvalue weighted by Crippen LogP contribution is 2.26. The Bertz CT molecular complexity index is 869. The molecule has 0 aromatic heterocycles. The van der Waals surface area contributed by atoms with E-state index in [-0.39, 0.29) is 16.9 Å². The Morgan fingerprint density at radius 1 is 1.07 bits per heavy atom. The van der Waals surface area contributed by atoms with Gasteiger partial charge in [-0.25, -0.2) is 0 Å². The van der Waals surface area contributed by atoms with Gasteiger partial charge in [0, 0.05) is 23.9 Å². The summed E-state index contributed by atoms with van der Waals surface area (Å²) in [5, 5.41) is 8.26. The van der Waals surface area contributed by atoms with Crippen molar-refractivity contribution in [3.8, 4) is 5.75 Å². The maximum atomic E-state index is 12.4. The van der Waals surface area contributed by atoms with Gasteiger partial charge in [0.15, 0.2) is 5.11 Å². The van der Waals surface area contributed by atoms with E-state index in [0.717, 1.165) is 0 Å². The number of ether oxygens (including phenoxy) is 1. The van der Waals surface area contributed by atoms with Gasteiger partial charge in [-0.1, -0.05) is 13.8 Å². The van der Waals surface area contributed by atoms with Crippen LogP contribution in [0.2, 0.25) is 0 Å². The first-order valence-corrected chi connectivity index (χ1v) is 9.87. The van der Waals surface area contributed by atoms with E-state index in [1.165, 1.54) is 0 Å². The Morgan fingerprint density at radius 2 is 1.71 bits per heavy atom. The summed E-state index contributed by atoms with van der Waals surface area (Å²) in [5.74, 6) is 0.579. The molecule has 0 spiro atoms. The molecule has 0 unspecified atom stereocenters. The zero-order valence-corrected chi connectivity index (χ0v) is 18.2. The van der Waals surface area contributed by atoms with Gasteiger partial charge in [0.1, 0.15) is 5.75 Å². The molecule has 2 amide bonds. The van der Waals surface area contributed by atoms with Gasteiger partial charge in [-0.05, 0) is 76.5 Å². The van der Waals surface area contributed by atoms with Crippen molar-refractivity contribution in [1.29, 1.82) is 0 Å². The second-order valence-corrected chi connectivity index (χ2v) is 7.68. The molecule has 0 aliphatic rings. The lowest BCUT2D eigenvalue weighted by Crippen LogP contribution is -2.34. The van der Waals surface area contributed by atoms with Crippen molar-refractivity contribution in [1.82, 2.24) is 10.6 Å². The van der Waals surface area contributed by atoms with Crippen LogP contribution in [-0.4, -0.2) is 30.6 Å². The minimum atomic E-state index is -0.337. The highest BCUT2D eigenvalue weighted by atomic mass is 79.9. The monoisotopic (exact) mass is 463 g/mol. The number of carbonyl (C=O) groups is 2. The van der Waals surface area contributed by atoms with Gasteiger partial charge >= 0.3 is 0 Å². The van der Waals surface area contributed by atoms with Crippen molar-refractivity contribution in [2.45, 2.75) is 13.8 Å². The van der Waals surface area contributed by atoms with E-state index in [9.17, 15) is 9.59 Å². The molecular formula is C20H22BrN3O3S.